The average Bonchev–Trinajstić information content (AvgIpc) is 3.23. The van der Waals surface area contributed by atoms with Crippen molar-refractivity contribution in [2.45, 2.75) is 32.4 Å². The molecule has 2 aromatic rings. The minimum Gasteiger partial charge on any atom is -0.372 e. The molecular formula is C16H22N3O3S+. The molecule has 23 heavy (non-hydrogen) atoms. The molecule has 7 heteroatoms. The third-order valence-electron chi connectivity index (χ3n) is 3.85. The molecule has 0 aromatic carbocycles. The van der Waals surface area contributed by atoms with Gasteiger partial charge < -0.3 is 19.5 Å². The number of carbonyl (C=O) groups is 1. The van der Waals surface area contributed by atoms with E-state index in [9.17, 15) is 4.79 Å². The van der Waals surface area contributed by atoms with Gasteiger partial charge in [0.1, 0.15) is 25.0 Å². The summed E-state index contributed by atoms with van der Waals surface area (Å²) in [5.41, 5.74) is 0. The minimum atomic E-state index is -0.0529. The largest absolute Gasteiger partial charge is 0.372 e. The van der Waals surface area contributed by atoms with Crippen molar-refractivity contribution in [2.75, 3.05) is 25.0 Å². The highest BCUT2D eigenvalue weighted by Gasteiger charge is 2.24. The van der Waals surface area contributed by atoms with Gasteiger partial charge in [-0.2, -0.15) is 0 Å². The molecule has 1 fully saturated rings. The van der Waals surface area contributed by atoms with Crippen LogP contribution in [-0.4, -0.2) is 36.9 Å². The summed E-state index contributed by atoms with van der Waals surface area (Å²) in [6.45, 7) is 4.71. The van der Waals surface area contributed by atoms with E-state index in [0.29, 0.717) is 18.1 Å². The predicted molar refractivity (Wildman–Crippen MR) is 87.6 cm³/mol. The predicted octanol–water partition coefficient (Wildman–Crippen LogP) is 1.25. The van der Waals surface area contributed by atoms with Crippen LogP contribution in [0.3, 0.4) is 0 Å². The van der Waals surface area contributed by atoms with E-state index in [1.54, 1.807) is 24.3 Å². The van der Waals surface area contributed by atoms with Crippen LogP contribution in [0.2, 0.25) is 0 Å². The van der Waals surface area contributed by atoms with Crippen molar-refractivity contribution in [3.8, 4) is 0 Å². The Kier molecular flexibility index (Phi) is 5.43. The summed E-state index contributed by atoms with van der Waals surface area (Å²) in [5.74, 6) is 1.10. The van der Waals surface area contributed by atoms with Crippen molar-refractivity contribution in [3.05, 3.63) is 34.2 Å². The molecule has 0 saturated carbocycles. The van der Waals surface area contributed by atoms with Gasteiger partial charge in [-0.25, -0.2) is 0 Å². The van der Waals surface area contributed by atoms with Crippen LogP contribution >= 0.6 is 11.3 Å². The summed E-state index contributed by atoms with van der Waals surface area (Å²) < 4.78 is 10.7. The smallest absolute Gasteiger partial charge is 0.280 e. The van der Waals surface area contributed by atoms with Gasteiger partial charge in [0.2, 0.25) is 0 Å². The Hall–Kier alpha value is -1.70. The minimum absolute atomic E-state index is 0.0529. The van der Waals surface area contributed by atoms with Gasteiger partial charge in [0.15, 0.2) is 12.4 Å². The summed E-state index contributed by atoms with van der Waals surface area (Å²) in [4.78, 5) is 14.8. The molecule has 3 heterocycles. The highest BCUT2D eigenvalue weighted by atomic mass is 32.1. The van der Waals surface area contributed by atoms with Crippen molar-refractivity contribution in [1.82, 2.24) is 5.16 Å². The normalized spacial score (nSPS) is 18.9. The summed E-state index contributed by atoms with van der Waals surface area (Å²) in [7, 11) is 0. The molecule has 3 rings (SSSR count). The molecule has 0 spiro atoms. The van der Waals surface area contributed by atoms with Crippen LogP contribution in [0.4, 0.5) is 5.82 Å². The fourth-order valence-corrected chi connectivity index (χ4v) is 3.61. The first-order valence-corrected chi connectivity index (χ1v) is 8.78. The number of amides is 1. The van der Waals surface area contributed by atoms with Gasteiger partial charge in [0.25, 0.3) is 5.91 Å². The number of nitrogens with one attached hydrogen (secondary N) is 2. The first-order valence-electron chi connectivity index (χ1n) is 7.90. The molecule has 1 amide bonds. The second-order valence-electron chi connectivity index (χ2n) is 5.89. The lowest BCUT2D eigenvalue weighted by molar-refractivity contribution is -0.908. The number of ether oxygens (including phenoxy) is 1. The molecule has 1 aliphatic heterocycles. The molecule has 0 radical (unpaired) electrons. The molecule has 6 nitrogen and oxygen atoms in total. The molecule has 2 N–H and O–H groups in total. The van der Waals surface area contributed by atoms with Gasteiger partial charge in [-0.1, -0.05) is 11.2 Å². The SMILES string of the molecule is Cc1cc(NC(=O)C[NH+](Cc2cccs2)C[C@H]2CCCO2)no1. The molecular weight excluding hydrogens is 314 g/mol. The standard InChI is InChI=1S/C16H21N3O3S/c1-12-8-15(18-22-12)17-16(20)11-19(9-13-4-2-6-21-13)10-14-5-3-7-23-14/h3,5,7-8,13H,2,4,6,9-11H2,1H3,(H,17,18,20)/p+1/t13-/m1/s1. The molecule has 2 atom stereocenters. The Morgan fingerprint density at radius 2 is 2.48 bits per heavy atom. The lowest BCUT2D eigenvalue weighted by atomic mass is 10.2. The second kappa shape index (κ2) is 7.72. The summed E-state index contributed by atoms with van der Waals surface area (Å²) >= 11 is 1.72. The van der Waals surface area contributed by atoms with E-state index in [0.717, 1.165) is 32.5 Å². The zero-order valence-electron chi connectivity index (χ0n) is 13.2. The first kappa shape index (κ1) is 16.2. The molecule has 124 valence electrons. The van der Waals surface area contributed by atoms with Gasteiger partial charge in [-0.15, -0.1) is 11.3 Å². The molecule has 0 aliphatic carbocycles. The number of quaternary nitrogens is 1. The van der Waals surface area contributed by atoms with Gasteiger partial charge in [-0.3, -0.25) is 4.79 Å². The van der Waals surface area contributed by atoms with Crippen molar-refractivity contribution >= 4 is 23.1 Å². The number of hydrogen-bond acceptors (Lipinski definition) is 5. The van der Waals surface area contributed by atoms with E-state index in [1.165, 1.54) is 9.78 Å². The van der Waals surface area contributed by atoms with Crippen molar-refractivity contribution in [1.29, 1.82) is 0 Å². The molecule has 1 aliphatic rings. The quantitative estimate of drug-likeness (QED) is 0.798. The number of hydrogen-bond donors (Lipinski definition) is 2. The van der Waals surface area contributed by atoms with E-state index < -0.39 is 0 Å². The van der Waals surface area contributed by atoms with Crippen molar-refractivity contribution in [3.63, 3.8) is 0 Å². The van der Waals surface area contributed by atoms with Crippen molar-refractivity contribution < 1.29 is 19.0 Å². The molecule has 1 unspecified atom stereocenters. The van der Waals surface area contributed by atoms with Crippen LogP contribution in [0, 0.1) is 6.92 Å². The maximum atomic E-state index is 12.3. The highest BCUT2D eigenvalue weighted by Crippen LogP contribution is 2.11. The van der Waals surface area contributed by atoms with E-state index >= 15 is 0 Å². The fourth-order valence-electron chi connectivity index (χ4n) is 2.83. The maximum Gasteiger partial charge on any atom is 0.280 e. The number of rotatable bonds is 7. The lowest BCUT2D eigenvalue weighted by Crippen LogP contribution is -3.12. The van der Waals surface area contributed by atoms with Crippen LogP contribution < -0.4 is 10.2 Å². The number of aromatic nitrogens is 1. The zero-order chi connectivity index (χ0) is 16.1. The van der Waals surface area contributed by atoms with Gasteiger partial charge in [0, 0.05) is 12.7 Å². The average molecular weight is 336 g/mol. The summed E-state index contributed by atoms with van der Waals surface area (Å²) in [5, 5.41) is 8.67. The number of anilines is 1. The highest BCUT2D eigenvalue weighted by molar-refractivity contribution is 7.09. The van der Waals surface area contributed by atoms with Crippen LogP contribution in [-0.2, 0) is 16.1 Å². The third-order valence-corrected chi connectivity index (χ3v) is 4.73. The van der Waals surface area contributed by atoms with Gasteiger partial charge in [-0.05, 0) is 31.2 Å². The first-order chi connectivity index (χ1) is 11.2. The molecule has 2 aromatic heterocycles. The monoisotopic (exact) mass is 336 g/mol. The Labute approximate surface area is 139 Å². The third kappa shape index (κ3) is 4.89. The van der Waals surface area contributed by atoms with E-state index in [-0.39, 0.29) is 12.0 Å². The van der Waals surface area contributed by atoms with Crippen LogP contribution in [0.15, 0.2) is 28.1 Å². The van der Waals surface area contributed by atoms with Crippen LogP contribution in [0.25, 0.3) is 0 Å². The van der Waals surface area contributed by atoms with E-state index in [4.69, 9.17) is 9.26 Å². The Morgan fingerprint density at radius 3 is 3.13 bits per heavy atom. The molecule has 1 saturated heterocycles. The Balaban J connectivity index is 1.58. The Bertz CT molecular complexity index is 620. The lowest BCUT2D eigenvalue weighted by Gasteiger charge is -2.21. The number of thiophene rings is 1. The summed E-state index contributed by atoms with van der Waals surface area (Å²) in [6, 6.07) is 5.87. The number of carbonyl (C=O) groups excluding carboxylic acids is 1. The summed E-state index contributed by atoms with van der Waals surface area (Å²) in [6.07, 6.45) is 2.45. The number of nitrogens with zero attached hydrogens (tertiary/aromatic N) is 1. The van der Waals surface area contributed by atoms with E-state index in [2.05, 4.69) is 21.9 Å². The Morgan fingerprint density at radius 1 is 1.57 bits per heavy atom. The second-order valence-corrected chi connectivity index (χ2v) is 6.93. The van der Waals surface area contributed by atoms with Gasteiger partial charge >= 0.3 is 0 Å². The topological polar surface area (TPSA) is 68.8 Å². The zero-order valence-corrected chi connectivity index (χ0v) is 14.0. The van der Waals surface area contributed by atoms with E-state index in [1.807, 2.05) is 6.07 Å². The van der Waals surface area contributed by atoms with Gasteiger partial charge in [0.05, 0.1) is 4.88 Å². The van der Waals surface area contributed by atoms with Crippen molar-refractivity contribution in [2.24, 2.45) is 0 Å². The maximum absolute atomic E-state index is 12.3. The molecule has 0 bridgehead atoms. The fraction of sp³-hybridized carbons (Fsp3) is 0.500. The van der Waals surface area contributed by atoms with Crippen LogP contribution in [0.1, 0.15) is 23.5 Å². The number of aryl methyl sites for hydroxylation is 1. The van der Waals surface area contributed by atoms with Crippen LogP contribution in [0.5, 0.6) is 0 Å².